The number of benzene rings is 1. The summed E-state index contributed by atoms with van der Waals surface area (Å²) >= 11 is 0. The molecule has 256 valence electrons. The Balaban J connectivity index is 1.94. The van der Waals surface area contributed by atoms with Crippen LogP contribution in [0.4, 0.5) is 42.6 Å². The Morgan fingerprint density at radius 1 is 1.04 bits per heavy atom. The Hall–Kier alpha value is -4.18. The van der Waals surface area contributed by atoms with Crippen LogP contribution in [0.15, 0.2) is 53.0 Å². The van der Waals surface area contributed by atoms with Crippen molar-refractivity contribution >= 4 is 17.6 Å². The SMILES string of the molecule is COCCN1CCC=CCCC(OCc2ccccc2)(C(F)(F)F)c2nnc(o2)-c2nc1c(C(F)(F)F)cc2NC(=O)OC(C)(C)C. The summed E-state index contributed by atoms with van der Waals surface area (Å²) in [6, 6.07) is 8.76. The van der Waals surface area contributed by atoms with Crippen LogP contribution in [-0.2, 0) is 32.6 Å². The smallest absolute Gasteiger partial charge is 0.426 e. The van der Waals surface area contributed by atoms with Gasteiger partial charge in [0.1, 0.15) is 17.0 Å². The van der Waals surface area contributed by atoms with Crippen LogP contribution in [0, 0.1) is 0 Å². The summed E-state index contributed by atoms with van der Waals surface area (Å²) in [5.41, 5.74) is -6.00. The largest absolute Gasteiger partial charge is 0.444 e. The molecule has 0 fully saturated rings. The molecule has 16 heteroatoms. The molecule has 1 aliphatic heterocycles. The lowest BCUT2D eigenvalue weighted by Gasteiger charge is -2.32. The molecule has 1 unspecified atom stereocenters. The molecule has 3 aromatic rings. The zero-order valence-corrected chi connectivity index (χ0v) is 26.2. The van der Waals surface area contributed by atoms with Gasteiger partial charge in [-0.2, -0.15) is 26.3 Å². The van der Waals surface area contributed by atoms with E-state index in [4.69, 9.17) is 18.6 Å². The minimum atomic E-state index is -5.07. The van der Waals surface area contributed by atoms with E-state index in [0.29, 0.717) is 11.6 Å². The van der Waals surface area contributed by atoms with Gasteiger partial charge in [0.25, 0.3) is 11.8 Å². The van der Waals surface area contributed by atoms with Gasteiger partial charge in [-0.1, -0.05) is 42.5 Å². The average Bonchev–Trinajstić information content (AvgIpc) is 3.46. The zero-order valence-electron chi connectivity index (χ0n) is 26.2. The third-order valence-corrected chi connectivity index (χ3v) is 6.96. The quantitative estimate of drug-likeness (QED) is 0.200. The molecule has 3 heterocycles. The van der Waals surface area contributed by atoms with Crippen molar-refractivity contribution in [2.45, 2.75) is 70.2 Å². The standard InChI is InChI=1S/C31H35F6N5O5/c1-28(2,3)47-27(43)38-22-18-21(30(32,33)34)24-39-23(22)25-40-41-26(46-25)29(31(35,36)37,45-19-20-12-8-7-9-13-20)14-10-5-6-11-15-42(24)16-17-44-4/h5-9,12-13,18H,10-11,14-17,19H2,1-4H3,(H,38,43). The van der Waals surface area contributed by atoms with E-state index in [2.05, 4.69) is 20.5 Å². The molecule has 0 saturated carbocycles. The summed E-state index contributed by atoms with van der Waals surface area (Å²) in [7, 11) is 1.38. The first-order chi connectivity index (χ1) is 22.0. The highest BCUT2D eigenvalue weighted by Crippen LogP contribution is 2.47. The van der Waals surface area contributed by atoms with Crippen LogP contribution in [0.25, 0.3) is 11.6 Å². The summed E-state index contributed by atoms with van der Waals surface area (Å²) in [6.07, 6.45) is -8.75. The van der Waals surface area contributed by atoms with E-state index in [9.17, 15) is 18.0 Å². The van der Waals surface area contributed by atoms with Crippen LogP contribution < -0.4 is 10.2 Å². The van der Waals surface area contributed by atoms with Gasteiger partial charge in [0.15, 0.2) is 5.69 Å². The maximum Gasteiger partial charge on any atom is 0.426 e. The van der Waals surface area contributed by atoms with E-state index in [0.717, 1.165) is 0 Å². The van der Waals surface area contributed by atoms with Gasteiger partial charge in [-0.3, -0.25) is 5.32 Å². The van der Waals surface area contributed by atoms with Crippen molar-refractivity contribution in [2.24, 2.45) is 0 Å². The Bertz CT molecular complexity index is 1540. The number of methoxy groups -OCH3 is 1. The van der Waals surface area contributed by atoms with E-state index in [-0.39, 0.29) is 32.5 Å². The van der Waals surface area contributed by atoms with Crippen molar-refractivity contribution < 1.29 is 49.8 Å². The number of nitrogens with zero attached hydrogens (tertiary/aromatic N) is 4. The molecule has 1 N–H and O–H groups in total. The van der Waals surface area contributed by atoms with Gasteiger partial charge in [-0.25, -0.2) is 9.78 Å². The molecule has 0 aliphatic carbocycles. The van der Waals surface area contributed by atoms with E-state index in [1.165, 1.54) is 18.1 Å². The Labute approximate surface area is 267 Å². The fourth-order valence-corrected chi connectivity index (χ4v) is 4.75. The highest BCUT2D eigenvalue weighted by molar-refractivity contribution is 5.90. The highest BCUT2D eigenvalue weighted by Gasteiger charge is 2.61. The number of rotatable bonds is 7. The zero-order chi connectivity index (χ0) is 34.5. The molecule has 2 aromatic heterocycles. The number of carbonyl (C=O) groups is 1. The summed E-state index contributed by atoms with van der Waals surface area (Å²) in [6.45, 7) is 4.17. The van der Waals surface area contributed by atoms with Crippen LogP contribution in [0.2, 0.25) is 0 Å². The van der Waals surface area contributed by atoms with Crippen LogP contribution in [0.5, 0.6) is 0 Å². The second-order valence-corrected chi connectivity index (χ2v) is 11.7. The average molecular weight is 672 g/mol. The molecular formula is C31H35F6N5O5. The van der Waals surface area contributed by atoms with Crippen LogP contribution in [0.3, 0.4) is 0 Å². The number of hydrogen-bond donors (Lipinski definition) is 1. The molecule has 10 nitrogen and oxygen atoms in total. The lowest BCUT2D eigenvalue weighted by atomic mass is 9.95. The van der Waals surface area contributed by atoms with Gasteiger partial charge in [0, 0.05) is 20.2 Å². The fourth-order valence-electron chi connectivity index (χ4n) is 4.75. The van der Waals surface area contributed by atoms with Crippen molar-refractivity contribution in [1.29, 1.82) is 0 Å². The van der Waals surface area contributed by atoms with Gasteiger partial charge < -0.3 is 23.5 Å². The molecule has 0 radical (unpaired) electrons. The van der Waals surface area contributed by atoms with Crippen LogP contribution in [0.1, 0.15) is 57.1 Å². The van der Waals surface area contributed by atoms with E-state index < -0.39 is 77.2 Å². The third kappa shape index (κ3) is 8.80. The molecule has 0 spiro atoms. The molecule has 1 atom stereocenters. The maximum absolute atomic E-state index is 15.0. The first kappa shape index (κ1) is 35.7. The number of alkyl halides is 6. The van der Waals surface area contributed by atoms with Crippen LogP contribution in [-0.4, -0.2) is 59.9 Å². The number of ether oxygens (including phenoxy) is 3. The molecule has 4 rings (SSSR count). The number of allylic oxidation sites excluding steroid dienone is 1. The van der Waals surface area contributed by atoms with Crippen molar-refractivity contribution in [3.63, 3.8) is 0 Å². The molecule has 1 aromatic carbocycles. The number of fused-ring (bicyclic) bond motifs is 5. The number of nitrogens with one attached hydrogen (secondary N) is 1. The molecule has 47 heavy (non-hydrogen) atoms. The molecule has 0 saturated heterocycles. The molecule has 1 aliphatic rings. The molecule has 1 amide bonds. The van der Waals surface area contributed by atoms with Crippen LogP contribution >= 0.6 is 0 Å². The minimum absolute atomic E-state index is 0.00176. The van der Waals surface area contributed by atoms with Crippen molar-refractivity contribution in [3.05, 3.63) is 65.6 Å². The van der Waals surface area contributed by atoms with E-state index in [1.54, 1.807) is 57.2 Å². The second kappa shape index (κ2) is 14.3. The number of halogens is 6. The summed E-state index contributed by atoms with van der Waals surface area (Å²) in [4.78, 5) is 18.3. The van der Waals surface area contributed by atoms with Gasteiger partial charge in [0.2, 0.25) is 5.60 Å². The monoisotopic (exact) mass is 671 g/mol. The number of amides is 1. The van der Waals surface area contributed by atoms with Gasteiger partial charge in [0.05, 0.1) is 18.9 Å². The Kier molecular flexibility index (Phi) is 10.8. The number of anilines is 2. The predicted molar refractivity (Wildman–Crippen MR) is 158 cm³/mol. The first-order valence-electron chi connectivity index (χ1n) is 14.6. The first-order valence-corrected chi connectivity index (χ1v) is 14.6. The minimum Gasteiger partial charge on any atom is -0.444 e. The van der Waals surface area contributed by atoms with Gasteiger partial charge in [-0.15, -0.1) is 10.2 Å². The summed E-state index contributed by atoms with van der Waals surface area (Å²) in [5, 5.41) is 9.68. The third-order valence-electron chi connectivity index (χ3n) is 6.96. The lowest BCUT2D eigenvalue weighted by molar-refractivity contribution is -0.299. The molecule has 4 bridgehead atoms. The maximum atomic E-state index is 15.0. The summed E-state index contributed by atoms with van der Waals surface area (Å²) < 4.78 is 110. The van der Waals surface area contributed by atoms with Crippen molar-refractivity contribution in [1.82, 2.24) is 15.2 Å². The number of pyridine rings is 1. The Morgan fingerprint density at radius 3 is 2.38 bits per heavy atom. The normalized spacial score (nSPS) is 17.7. The predicted octanol–water partition coefficient (Wildman–Crippen LogP) is 7.66. The lowest BCUT2D eigenvalue weighted by Crippen LogP contribution is -2.45. The molecular weight excluding hydrogens is 636 g/mol. The van der Waals surface area contributed by atoms with E-state index >= 15 is 13.2 Å². The number of hydrogen-bond acceptors (Lipinski definition) is 9. The fraction of sp³-hybridized carbons (Fsp3) is 0.484. The second-order valence-electron chi connectivity index (χ2n) is 11.7. The van der Waals surface area contributed by atoms with E-state index in [1.807, 2.05) is 0 Å². The summed E-state index contributed by atoms with van der Waals surface area (Å²) in [5.74, 6) is -2.24. The number of carbonyl (C=O) groups excluding carboxylic acids is 1. The Morgan fingerprint density at radius 2 is 1.74 bits per heavy atom. The van der Waals surface area contributed by atoms with Crippen molar-refractivity contribution in [3.8, 4) is 11.6 Å². The van der Waals surface area contributed by atoms with Gasteiger partial charge in [-0.05, 0) is 51.7 Å². The number of aromatic nitrogens is 3. The van der Waals surface area contributed by atoms with Crippen molar-refractivity contribution in [2.75, 3.05) is 37.0 Å². The highest BCUT2D eigenvalue weighted by atomic mass is 19.4. The van der Waals surface area contributed by atoms with Gasteiger partial charge >= 0.3 is 18.4 Å². The topological polar surface area (TPSA) is 112 Å².